The number of H-pyrrole nitrogens is 1. The van der Waals surface area contributed by atoms with Crippen LogP contribution in [0.1, 0.15) is 13.8 Å². The Morgan fingerprint density at radius 1 is 1.50 bits per heavy atom. The van der Waals surface area contributed by atoms with E-state index >= 15 is 0 Å². The van der Waals surface area contributed by atoms with Gasteiger partial charge in [0.05, 0.1) is 17.7 Å². The minimum atomic E-state index is -0.464. The molecule has 0 aliphatic carbocycles. The molecule has 0 unspecified atom stereocenters. The summed E-state index contributed by atoms with van der Waals surface area (Å²) in [6.07, 6.45) is 0. The summed E-state index contributed by atoms with van der Waals surface area (Å²) in [6, 6.07) is 5.31. The van der Waals surface area contributed by atoms with E-state index in [0.29, 0.717) is 11.1 Å². The van der Waals surface area contributed by atoms with Crippen LogP contribution in [-0.2, 0) is 0 Å². The molecule has 1 heterocycles. The third-order valence-electron chi connectivity index (χ3n) is 2.30. The van der Waals surface area contributed by atoms with Gasteiger partial charge < -0.3 is 14.8 Å². The number of aromatic amines is 1. The molecule has 0 bridgehead atoms. The summed E-state index contributed by atoms with van der Waals surface area (Å²) in [5, 5.41) is 12.3. The van der Waals surface area contributed by atoms with Gasteiger partial charge in [0.1, 0.15) is 0 Å². The Morgan fingerprint density at radius 2 is 2.25 bits per heavy atom. The van der Waals surface area contributed by atoms with Gasteiger partial charge in [0.25, 0.3) is 0 Å². The van der Waals surface area contributed by atoms with E-state index in [-0.39, 0.29) is 6.61 Å². The maximum atomic E-state index is 11.0. The van der Waals surface area contributed by atoms with Crippen LogP contribution in [0, 0.1) is 0 Å². The molecular weight excluding hydrogens is 208 g/mol. The number of aromatic nitrogens is 1. The first-order chi connectivity index (χ1) is 7.50. The van der Waals surface area contributed by atoms with Gasteiger partial charge in [0.2, 0.25) is 0 Å². The first-order valence-corrected chi connectivity index (χ1v) is 5.02. The van der Waals surface area contributed by atoms with Crippen LogP contribution in [0.15, 0.2) is 27.4 Å². The van der Waals surface area contributed by atoms with Gasteiger partial charge in [-0.05, 0) is 26.0 Å². The van der Waals surface area contributed by atoms with Crippen molar-refractivity contribution < 1.29 is 9.52 Å². The number of hydrogen-bond donors (Lipinski definition) is 3. The molecule has 0 saturated carbocycles. The Labute approximate surface area is 92.1 Å². The molecule has 0 spiro atoms. The van der Waals surface area contributed by atoms with E-state index in [1.807, 2.05) is 19.9 Å². The van der Waals surface area contributed by atoms with Crippen molar-refractivity contribution >= 4 is 16.8 Å². The quantitative estimate of drug-likeness (QED) is 0.731. The molecule has 0 atom stereocenters. The van der Waals surface area contributed by atoms with Crippen molar-refractivity contribution in [3.63, 3.8) is 0 Å². The van der Waals surface area contributed by atoms with Crippen molar-refractivity contribution in [2.75, 3.05) is 11.9 Å². The summed E-state index contributed by atoms with van der Waals surface area (Å²) < 4.78 is 4.94. The summed E-state index contributed by atoms with van der Waals surface area (Å²) in [4.78, 5) is 13.5. The number of rotatable bonds is 3. The number of anilines is 1. The van der Waals surface area contributed by atoms with E-state index in [0.717, 1.165) is 5.69 Å². The third-order valence-corrected chi connectivity index (χ3v) is 2.30. The maximum Gasteiger partial charge on any atom is 0.417 e. The number of aliphatic hydroxyl groups excluding tert-OH is 1. The zero-order chi connectivity index (χ0) is 11.8. The van der Waals surface area contributed by atoms with Crippen molar-refractivity contribution in [2.24, 2.45) is 0 Å². The van der Waals surface area contributed by atoms with Crippen molar-refractivity contribution in [3.8, 4) is 0 Å². The standard InChI is InChI=1S/C11H14N2O3/c1-11(2,6-14)13-7-3-4-8-9(5-7)16-10(15)12-8/h3-5,13-14H,6H2,1-2H3,(H,12,15). The molecule has 16 heavy (non-hydrogen) atoms. The van der Waals surface area contributed by atoms with Gasteiger partial charge in [-0.3, -0.25) is 4.98 Å². The van der Waals surface area contributed by atoms with E-state index in [1.165, 1.54) is 0 Å². The van der Waals surface area contributed by atoms with Gasteiger partial charge >= 0.3 is 5.76 Å². The monoisotopic (exact) mass is 222 g/mol. The number of fused-ring (bicyclic) bond motifs is 1. The average Bonchev–Trinajstić information content (AvgIpc) is 2.57. The van der Waals surface area contributed by atoms with Crippen LogP contribution in [0.2, 0.25) is 0 Å². The molecule has 0 radical (unpaired) electrons. The average molecular weight is 222 g/mol. The second-order valence-electron chi connectivity index (χ2n) is 4.39. The van der Waals surface area contributed by atoms with E-state index in [1.54, 1.807) is 12.1 Å². The molecule has 0 fully saturated rings. The molecule has 86 valence electrons. The number of aliphatic hydroxyl groups is 1. The Bertz CT molecular complexity index is 554. The number of nitrogens with one attached hydrogen (secondary N) is 2. The molecule has 3 N–H and O–H groups in total. The fourth-order valence-electron chi connectivity index (χ4n) is 1.45. The molecule has 2 aromatic rings. The fraction of sp³-hybridized carbons (Fsp3) is 0.364. The Hall–Kier alpha value is -1.75. The lowest BCUT2D eigenvalue weighted by Crippen LogP contribution is -2.34. The molecule has 0 amide bonds. The molecule has 5 heteroatoms. The van der Waals surface area contributed by atoms with Crippen LogP contribution in [0.4, 0.5) is 5.69 Å². The van der Waals surface area contributed by atoms with E-state index in [2.05, 4.69) is 10.3 Å². The Balaban J connectivity index is 2.36. The van der Waals surface area contributed by atoms with Gasteiger partial charge in [0, 0.05) is 11.8 Å². The van der Waals surface area contributed by atoms with Crippen LogP contribution in [0.5, 0.6) is 0 Å². The minimum absolute atomic E-state index is 0.0160. The predicted octanol–water partition coefficient (Wildman–Crippen LogP) is 1.30. The third kappa shape index (κ3) is 2.09. The molecule has 1 aromatic carbocycles. The molecule has 0 aliphatic heterocycles. The normalized spacial score (nSPS) is 11.9. The largest absolute Gasteiger partial charge is 0.417 e. The summed E-state index contributed by atoms with van der Waals surface area (Å²) in [7, 11) is 0. The number of benzene rings is 1. The molecule has 2 rings (SSSR count). The smallest absolute Gasteiger partial charge is 0.408 e. The molecule has 5 nitrogen and oxygen atoms in total. The summed E-state index contributed by atoms with van der Waals surface area (Å²) in [6.45, 7) is 3.77. The van der Waals surface area contributed by atoms with Crippen molar-refractivity contribution in [1.82, 2.24) is 4.98 Å². The highest BCUT2D eigenvalue weighted by atomic mass is 16.4. The van der Waals surface area contributed by atoms with Crippen molar-refractivity contribution in [2.45, 2.75) is 19.4 Å². The summed E-state index contributed by atoms with van der Waals surface area (Å²) in [5.74, 6) is -0.464. The molecular formula is C11H14N2O3. The fourth-order valence-corrected chi connectivity index (χ4v) is 1.45. The first-order valence-electron chi connectivity index (χ1n) is 5.02. The van der Waals surface area contributed by atoms with Crippen molar-refractivity contribution in [1.29, 1.82) is 0 Å². The topological polar surface area (TPSA) is 78.3 Å². The lowest BCUT2D eigenvalue weighted by atomic mass is 10.1. The number of hydrogen-bond acceptors (Lipinski definition) is 4. The van der Waals surface area contributed by atoms with E-state index in [4.69, 9.17) is 9.52 Å². The highest BCUT2D eigenvalue weighted by molar-refractivity contribution is 5.76. The second-order valence-corrected chi connectivity index (χ2v) is 4.39. The Kier molecular flexibility index (Phi) is 2.47. The zero-order valence-electron chi connectivity index (χ0n) is 9.20. The highest BCUT2D eigenvalue weighted by Crippen LogP contribution is 2.19. The maximum absolute atomic E-state index is 11.0. The van der Waals surface area contributed by atoms with Crippen LogP contribution >= 0.6 is 0 Å². The van der Waals surface area contributed by atoms with Crippen LogP contribution < -0.4 is 11.1 Å². The van der Waals surface area contributed by atoms with Gasteiger partial charge in [-0.25, -0.2) is 4.79 Å². The highest BCUT2D eigenvalue weighted by Gasteiger charge is 2.15. The molecule has 0 aliphatic rings. The van der Waals surface area contributed by atoms with Gasteiger partial charge in [0.15, 0.2) is 5.58 Å². The number of oxazole rings is 1. The van der Waals surface area contributed by atoms with Crippen molar-refractivity contribution in [3.05, 3.63) is 28.7 Å². The summed E-state index contributed by atoms with van der Waals surface area (Å²) >= 11 is 0. The first kappa shape index (κ1) is 10.8. The Morgan fingerprint density at radius 3 is 2.94 bits per heavy atom. The lowest BCUT2D eigenvalue weighted by molar-refractivity contribution is 0.234. The lowest BCUT2D eigenvalue weighted by Gasteiger charge is -2.24. The van der Waals surface area contributed by atoms with E-state index in [9.17, 15) is 4.79 Å². The van der Waals surface area contributed by atoms with Crippen LogP contribution in [0.3, 0.4) is 0 Å². The van der Waals surface area contributed by atoms with Crippen LogP contribution in [-0.4, -0.2) is 22.2 Å². The molecule has 0 saturated heterocycles. The molecule has 1 aromatic heterocycles. The second kappa shape index (κ2) is 3.68. The SMILES string of the molecule is CC(C)(CO)Nc1ccc2[nH]c(=O)oc2c1. The van der Waals surface area contributed by atoms with Gasteiger partial charge in [-0.15, -0.1) is 0 Å². The van der Waals surface area contributed by atoms with Crippen LogP contribution in [0.25, 0.3) is 11.1 Å². The zero-order valence-corrected chi connectivity index (χ0v) is 9.20. The predicted molar refractivity (Wildman–Crippen MR) is 61.6 cm³/mol. The summed E-state index contributed by atoms with van der Waals surface area (Å²) in [5.41, 5.74) is 1.56. The van der Waals surface area contributed by atoms with Gasteiger partial charge in [-0.1, -0.05) is 0 Å². The minimum Gasteiger partial charge on any atom is -0.408 e. The van der Waals surface area contributed by atoms with E-state index < -0.39 is 11.3 Å². The van der Waals surface area contributed by atoms with Gasteiger partial charge in [-0.2, -0.15) is 0 Å².